The van der Waals surface area contributed by atoms with Crippen LogP contribution < -0.4 is 10.6 Å². The molecule has 0 saturated heterocycles. The maximum atomic E-state index is 12.7. The molecule has 156 valence electrons. The number of rotatable bonds is 6. The molecule has 1 saturated carbocycles. The van der Waals surface area contributed by atoms with E-state index >= 15 is 0 Å². The molecule has 2 aromatic rings. The fraction of sp³-hybridized carbons (Fsp3) is 0.350. The molecular weight excluding hydrogens is 405 g/mol. The molecular formula is C20H21F3N2O3S. The minimum atomic E-state index is -4.47. The number of carbonyl (C=O) groups excluding carboxylic acids is 1. The van der Waals surface area contributed by atoms with Gasteiger partial charge in [-0.1, -0.05) is 25.0 Å². The Morgan fingerprint density at radius 3 is 2.34 bits per heavy atom. The first kappa shape index (κ1) is 21.2. The van der Waals surface area contributed by atoms with Crippen LogP contribution in [-0.4, -0.2) is 26.1 Å². The van der Waals surface area contributed by atoms with Crippen LogP contribution in [0.3, 0.4) is 0 Å². The van der Waals surface area contributed by atoms with Crippen molar-refractivity contribution >= 4 is 27.1 Å². The highest BCUT2D eigenvalue weighted by molar-refractivity contribution is 7.92. The molecule has 0 unspecified atom stereocenters. The second kappa shape index (κ2) is 8.44. The van der Waals surface area contributed by atoms with Gasteiger partial charge in [0, 0.05) is 11.4 Å². The standard InChI is InChI=1S/C20H21F3N2O3S/c21-20(22,23)14-5-3-6-15(11-14)24-13-19(26)25-16-7-4-10-18(12-16)29(27,28)17-8-1-2-9-17/h3-7,10-12,17,24H,1-2,8-9,13H2,(H,25,26). The molecule has 1 amide bonds. The van der Waals surface area contributed by atoms with Crippen LogP contribution in [-0.2, 0) is 20.8 Å². The fourth-order valence-electron chi connectivity index (χ4n) is 3.33. The first-order valence-corrected chi connectivity index (χ1v) is 10.8. The number of benzene rings is 2. The maximum Gasteiger partial charge on any atom is 0.416 e. The summed E-state index contributed by atoms with van der Waals surface area (Å²) in [6.45, 7) is -0.263. The van der Waals surface area contributed by atoms with Crippen LogP contribution >= 0.6 is 0 Å². The number of anilines is 2. The predicted molar refractivity (Wildman–Crippen MR) is 104 cm³/mol. The van der Waals surface area contributed by atoms with Crippen LogP contribution in [0.15, 0.2) is 53.4 Å². The number of halogens is 3. The van der Waals surface area contributed by atoms with E-state index in [0.29, 0.717) is 18.5 Å². The average molecular weight is 426 g/mol. The topological polar surface area (TPSA) is 75.3 Å². The number of hydrogen-bond acceptors (Lipinski definition) is 4. The van der Waals surface area contributed by atoms with Gasteiger partial charge in [-0.05, 0) is 49.2 Å². The lowest BCUT2D eigenvalue weighted by Crippen LogP contribution is -2.22. The van der Waals surface area contributed by atoms with Crippen molar-refractivity contribution in [3.8, 4) is 0 Å². The minimum absolute atomic E-state index is 0.160. The Hall–Kier alpha value is -2.55. The van der Waals surface area contributed by atoms with Crippen molar-refractivity contribution in [2.45, 2.75) is 42.0 Å². The lowest BCUT2D eigenvalue weighted by atomic mass is 10.2. The molecule has 0 aliphatic heterocycles. The predicted octanol–water partition coefficient (Wildman–Crippen LogP) is 4.47. The molecule has 5 nitrogen and oxygen atoms in total. The van der Waals surface area contributed by atoms with Gasteiger partial charge in [-0.15, -0.1) is 0 Å². The summed E-state index contributed by atoms with van der Waals surface area (Å²) < 4.78 is 63.6. The monoisotopic (exact) mass is 426 g/mol. The number of amides is 1. The Labute approximate surface area is 167 Å². The Morgan fingerprint density at radius 1 is 1.00 bits per heavy atom. The van der Waals surface area contributed by atoms with Crippen molar-refractivity contribution in [3.63, 3.8) is 0 Å². The quantitative estimate of drug-likeness (QED) is 0.715. The molecule has 9 heteroatoms. The largest absolute Gasteiger partial charge is 0.416 e. The zero-order valence-electron chi connectivity index (χ0n) is 15.5. The molecule has 1 aliphatic carbocycles. The summed E-state index contributed by atoms with van der Waals surface area (Å²) in [4.78, 5) is 12.3. The summed E-state index contributed by atoms with van der Waals surface area (Å²) in [5.74, 6) is -0.502. The third kappa shape index (κ3) is 5.29. The van der Waals surface area contributed by atoms with Gasteiger partial charge in [-0.3, -0.25) is 4.79 Å². The fourth-order valence-corrected chi connectivity index (χ4v) is 5.23. The lowest BCUT2D eigenvalue weighted by Gasteiger charge is -2.13. The normalized spacial score (nSPS) is 15.3. The van der Waals surface area contributed by atoms with Crippen molar-refractivity contribution in [2.24, 2.45) is 0 Å². The molecule has 2 aromatic carbocycles. The van der Waals surface area contributed by atoms with Gasteiger partial charge >= 0.3 is 6.18 Å². The van der Waals surface area contributed by atoms with Gasteiger partial charge in [-0.2, -0.15) is 13.2 Å². The second-order valence-electron chi connectivity index (χ2n) is 6.96. The van der Waals surface area contributed by atoms with Crippen LogP contribution in [0.2, 0.25) is 0 Å². The molecule has 2 N–H and O–H groups in total. The summed E-state index contributed by atoms with van der Waals surface area (Å²) in [6.07, 6.45) is -1.41. The van der Waals surface area contributed by atoms with E-state index in [0.717, 1.165) is 25.0 Å². The SMILES string of the molecule is O=C(CNc1cccc(C(F)(F)F)c1)Nc1cccc(S(=O)(=O)C2CCCC2)c1. The number of alkyl halides is 3. The van der Waals surface area contributed by atoms with Gasteiger partial charge in [0.25, 0.3) is 0 Å². The van der Waals surface area contributed by atoms with E-state index in [2.05, 4.69) is 10.6 Å². The van der Waals surface area contributed by atoms with E-state index in [1.165, 1.54) is 24.3 Å². The highest BCUT2D eigenvalue weighted by Crippen LogP contribution is 2.31. The van der Waals surface area contributed by atoms with Crippen molar-refractivity contribution < 1.29 is 26.4 Å². The van der Waals surface area contributed by atoms with Crippen LogP contribution in [0.1, 0.15) is 31.2 Å². The summed E-state index contributed by atoms with van der Waals surface area (Å²) in [6, 6.07) is 10.6. The van der Waals surface area contributed by atoms with E-state index < -0.39 is 32.7 Å². The molecule has 0 aromatic heterocycles. The Morgan fingerprint density at radius 2 is 1.66 bits per heavy atom. The van der Waals surface area contributed by atoms with Crippen LogP contribution in [0.25, 0.3) is 0 Å². The number of sulfone groups is 1. The Bertz CT molecular complexity index is 984. The molecule has 0 bridgehead atoms. The van der Waals surface area contributed by atoms with Crippen molar-refractivity contribution in [1.82, 2.24) is 0 Å². The van der Waals surface area contributed by atoms with Gasteiger partial charge in [0.15, 0.2) is 9.84 Å². The number of carbonyl (C=O) groups is 1. The first-order valence-electron chi connectivity index (χ1n) is 9.21. The van der Waals surface area contributed by atoms with E-state index in [-0.39, 0.29) is 17.1 Å². The third-order valence-corrected chi connectivity index (χ3v) is 7.09. The zero-order chi connectivity index (χ0) is 21.1. The molecule has 3 rings (SSSR count). The molecule has 0 heterocycles. The minimum Gasteiger partial charge on any atom is -0.376 e. The van der Waals surface area contributed by atoms with Gasteiger partial charge in [0.2, 0.25) is 5.91 Å². The third-order valence-electron chi connectivity index (χ3n) is 4.83. The summed E-state index contributed by atoms with van der Waals surface area (Å²) in [5.41, 5.74) is -0.333. The van der Waals surface area contributed by atoms with E-state index in [4.69, 9.17) is 0 Å². The average Bonchev–Trinajstić information content (AvgIpc) is 3.22. The molecule has 0 spiro atoms. The van der Waals surface area contributed by atoms with Gasteiger partial charge in [-0.25, -0.2) is 8.42 Å². The summed E-state index contributed by atoms with van der Waals surface area (Å²) in [7, 11) is -3.44. The summed E-state index contributed by atoms with van der Waals surface area (Å²) >= 11 is 0. The zero-order valence-corrected chi connectivity index (χ0v) is 16.3. The van der Waals surface area contributed by atoms with Crippen LogP contribution in [0, 0.1) is 0 Å². The number of nitrogens with one attached hydrogen (secondary N) is 2. The van der Waals surface area contributed by atoms with Crippen LogP contribution in [0.5, 0.6) is 0 Å². The van der Waals surface area contributed by atoms with Crippen molar-refractivity contribution in [2.75, 3.05) is 17.2 Å². The number of hydrogen-bond donors (Lipinski definition) is 2. The van der Waals surface area contributed by atoms with E-state index in [9.17, 15) is 26.4 Å². The molecule has 1 fully saturated rings. The van der Waals surface area contributed by atoms with Gasteiger partial charge in [0.05, 0.1) is 22.3 Å². The molecule has 0 radical (unpaired) electrons. The molecule has 29 heavy (non-hydrogen) atoms. The van der Waals surface area contributed by atoms with Gasteiger partial charge in [0.1, 0.15) is 0 Å². The van der Waals surface area contributed by atoms with Crippen molar-refractivity contribution in [1.29, 1.82) is 0 Å². The lowest BCUT2D eigenvalue weighted by molar-refractivity contribution is -0.137. The first-order chi connectivity index (χ1) is 13.7. The molecule has 0 atom stereocenters. The van der Waals surface area contributed by atoms with E-state index in [1.807, 2.05) is 0 Å². The Balaban J connectivity index is 1.63. The highest BCUT2D eigenvalue weighted by atomic mass is 32.2. The molecule has 1 aliphatic rings. The van der Waals surface area contributed by atoms with E-state index in [1.54, 1.807) is 12.1 Å². The second-order valence-corrected chi connectivity index (χ2v) is 9.19. The Kier molecular flexibility index (Phi) is 6.16. The van der Waals surface area contributed by atoms with Crippen molar-refractivity contribution in [3.05, 3.63) is 54.1 Å². The summed E-state index contributed by atoms with van der Waals surface area (Å²) in [5, 5.41) is 4.82. The van der Waals surface area contributed by atoms with Crippen LogP contribution in [0.4, 0.5) is 24.5 Å². The maximum absolute atomic E-state index is 12.7. The smallest absolute Gasteiger partial charge is 0.376 e. The van der Waals surface area contributed by atoms with Gasteiger partial charge < -0.3 is 10.6 Å². The highest BCUT2D eigenvalue weighted by Gasteiger charge is 2.31.